The van der Waals surface area contributed by atoms with E-state index in [-0.39, 0.29) is 11.7 Å². The lowest BCUT2D eigenvalue weighted by Gasteiger charge is -2.25. The molecule has 1 aliphatic heterocycles. The van der Waals surface area contributed by atoms with Crippen molar-refractivity contribution >= 4 is 45.0 Å². The van der Waals surface area contributed by atoms with E-state index in [4.69, 9.17) is 9.47 Å². The van der Waals surface area contributed by atoms with E-state index in [1.165, 1.54) is 11.3 Å². The molecule has 0 aliphatic carbocycles. The maximum absolute atomic E-state index is 13.8. The molecule has 0 spiro atoms. The number of allylic oxidation sites excluding steroid dienone is 1. The van der Waals surface area contributed by atoms with Gasteiger partial charge < -0.3 is 14.4 Å². The highest BCUT2D eigenvalue weighted by atomic mass is 79.9. The number of rotatable bonds is 7. The molecule has 0 saturated carbocycles. The fourth-order valence-electron chi connectivity index (χ4n) is 4.22. The number of benzene rings is 2. The van der Waals surface area contributed by atoms with E-state index in [1.807, 2.05) is 74.5 Å². The summed E-state index contributed by atoms with van der Waals surface area (Å²) in [6, 6.07) is 12.7. The van der Waals surface area contributed by atoms with Crippen molar-refractivity contribution in [3.63, 3.8) is 0 Å². The number of hydrogen-bond acceptors (Lipinski definition) is 7. The van der Waals surface area contributed by atoms with Crippen LogP contribution in [0.4, 0.5) is 5.69 Å². The summed E-state index contributed by atoms with van der Waals surface area (Å²) >= 11 is 4.92. The molecule has 0 N–H and O–H groups in total. The number of fused-ring (bicyclic) bond motifs is 1. The lowest BCUT2D eigenvalue weighted by Crippen LogP contribution is -2.40. The Bertz CT molecular complexity index is 1530. The first kappa shape index (κ1) is 26.9. The Kier molecular flexibility index (Phi) is 8.04. The van der Waals surface area contributed by atoms with Gasteiger partial charge in [0.15, 0.2) is 4.80 Å². The smallest absolute Gasteiger partial charge is 0.338 e. The van der Waals surface area contributed by atoms with Crippen LogP contribution in [0, 0.1) is 0 Å². The largest absolute Gasteiger partial charge is 0.494 e. The topological polar surface area (TPSA) is 73.1 Å². The van der Waals surface area contributed by atoms with Gasteiger partial charge in [-0.05, 0) is 85.1 Å². The van der Waals surface area contributed by atoms with Gasteiger partial charge in [0.05, 0.1) is 40.2 Å². The molecule has 2 aromatic carbocycles. The minimum absolute atomic E-state index is 0.210. The number of carbonyl (C=O) groups is 1. The first-order valence-corrected chi connectivity index (χ1v) is 13.6. The predicted molar refractivity (Wildman–Crippen MR) is 151 cm³/mol. The zero-order valence-corrected chi connectivity index (χ0v) is 24.1. The van der Waals surface area contributed by atoms with Crippen molar-refractivity contribution < 1.29 is 14.3 Å². The van der Waals surface area contributed by atoms with E-state index >= 15 is 0 Å². The first-order valence-electron chi connectivity index (χ1n) is 12.0. The van der Waals surface area contributed by atoms with Crippen molar-refractivity contribution in [1.82, 2.24) is 4.57 Å². The summed E-state index contributed by atoms with van der Waals surface area (Å²) in [6.45, 7) is 7.85. The van der Waals surface area contributed by atoms with Gasteiger partial charge >= 0.3 is 5.97 Å². The minimum Gasteiger partial charge on any atom is -0.494 e. The van der Waals surface area contributed by atoms with Crippen LogP contribution in [0.3, 0.4) is 0 Å². The molecule has 3 aromatic rings. The van der Waals surface area contributed by atoms with Crippen molar-refractivity contribution in [3.8, 4) is 5.75 Å². The van der Waals surface area contributed by atoms with Crippen LogP contribution in [0.5, 0.6) is 5.75 Å². The molecular formula is C28H30BrN3O4S. The van der Waals surface area contributed by atoms with Crippen molar-refractivity contribution in [2.75, 3.05) is 25.6 Å². The summed E-state index contributed by atoms with van der Waals surface area (Å²) in [5, 5.41) is 0. The molecule has 0 amide bonds. The first-order chi connectivity index (χ1) is 17.6. The van der Waals surface area contributed by atoms with Crippen LogP contribution in [0.2, 0.25) is 0 Å². The molecule has 0 saturated heterocycles. The van der Waals surface area contributed by atoms with Crippen LogP contribution < -0.4 is 24.5 Å². The summed E-state index contributed by atoms with van der Waals surface area (Å²) < 4.78 is 14.2. The molecule has 4 rings (SSSR count). The Morgan fingerprint density at radius 3 is 2.51 bits per heavy atom. The summed E-state index contributed by atoms with van der Waals surface area (Å²) in [4.78, 5) is 34.2. The maximum atomic E-state index is 13.8. The second-order valence-electron chi connectivity index (χ2n) is 9.14. The number of ether oxygens (including phenoxy) is 2. The number of halogens is 1. The molecule has 0 fully saturated rings. The fraction of sp³-hybridized carbons (Fsp3) is 0.321. The third-order valence-corrected chi connectivity index (χ3v) is 7.46. The summed E-state index contributed by atoms with van der Waals surface area (Å²) in [5.41, 5.74) is 3.39. The summed E-state index contributed by atoms with van der Waals surface area (Å²) in [6.07, 6.45) is 1.55. The standard InChI is InChI=1S/C28H30BrN3O4S/c1-7-35-20-11-9-19(10-12-20)25-24(27(34)36-16(2)3)17(4)30-28-32(25)26(33)23(37-28)15-18-8-13-22(31(5)6)21(29)14-18/h8-16,25H,7H2,1-6H3/b23-15+/t25-/m0/s1. The predicted octanol–water partition coefficient (Wildman–Crippen LogP) is 4.41. The Morgan fingerprint density at radius 2 is 1.92 bits per heavy atom. The monoisotopic (exact) mass is 583 g/mol. The number of esters is 1. The van der Waals surface area contributed by atoms with E-state index in [0.717, 1.165) is 27.0 Å². The van der Waals surface area contributed by atoms with E-state index in [2.05, 4.69) is 20.9 Å². The SMILES string of the molecule is CCOc1ccc([C@H]2C(C(=O)OC(C)C)=C(C)N=c3s/c(=C/c4ccc(N(C)C)c(Br)c4)c(=O)n32)cc1. The molecule has 1 atom stereocenters. The third kappa shape index (κ3) is 5.57. The molecule has 9 heteroatoms. The van der Waals surface area contributed by atoms with Crippen LogP contribution in [-0.2, 0) is 9.53 Å². The molecule has 1 aromatic heterocycles. The minimum atomic E-state index is -0.664. The van der Waals surface area contributed by atoms with Crippen LogP contribution in [0.25, 0.3) is 6.08 Å². The molecule has 1 aliphatic rings. The number of thiazole rings is 1. The normalized spacial score (nSPS) is 15.5. The van der Waals surface area contributed by atoms with Crippen molar-refractivity contribution in [1.29, 1.82) is 0 Å². The average molecular weight is 585 g/mol. The van der Waals surface area contributed by atoms with Gasteiger partial charge in [-0.15, -0.1) is 0 Å². The second-order valence-corrected chi connectivity index (χ2v) is 11.0. The van der Waals surface area contributed by atoms with Gasteiger partial charge in [-0.3, -0.25) is 9.36 Å². The zero-order chi connectivity index (χ0) is 26.9. The lowest BCUT2D eigenvalue weighted by atomic mass is 9.96. The Morgan fingerprint density at radius 1 is 1.22 bits per heavy atom. The van der Waals surface area contributed by atoms with Crippen LogP contribution in [-0.4, -0.2) is 37.3 Å². The fourth-order valence-corrected chi connectivity index (χ4v) is 6.01. The number of nitrogens with zero attached hydrogens (tertiary/aromatic N) is 3. The Labute approximate surface area is 228 Å². The highest BCUT2D eigenvalue weighted by Gasteiger charge is 2.33. The molecule has 7 nitrogen and oxygen atoms in total. The van der Waals surface area contributed by atoms with Gasteiger partial charge in [0.1, 0.15) is 5.75 Å². The van der Waals surface area contributed by atoms with Gasteiger partial charge in [0, 0.05) is 18.6 Å². The van der Waals surface area contributed by atoms with Gasteiger partial charge in [0.2, 0.25) is 0 Å². The molecule has 194 valence electrons. The lowest BCUT2D eigenvalue weighted by molar-refractivity contribution is -0.143. The summed E-state index contributed by atoms with van der Waals surface area (Å²) in [7, 11) is 3.95. The molecular weight excluding hydrogens is 554 g/mol. The number of carbonyl (C=O) groups excluding carboxylic acids is 1. The van der Waals surface area contributed by atoms with Gasteiger partial charge in [-0.1, -0.05) is 29.5 Å². The van der Waals surface area contributed by atoms with E-state index < -0.39 is 12.0 Å². The Hall–Kier alpha value is -3.17. The van der Waals surface area contributed by atoms with Gasteiger partial charge in [0.25, 0.3) is 5.56 Å². The van der Waals surface area contributed by atoms with Crippen molar-refractivity contribution in [3.05, 3.63) is 89.0 Å². The average Bonchev–Trinajstić information content (AvgIpc) is 3.12. The van der Waals surface area contributed by atoms with Gasteiger partial charge in [-0.25, -0.2) is 9.79 Å². The van der Waals surface area contributed by atoms with E-state index in [9.17, 15) is 9.59 Å². The van der Waals surface area contributed by atoms with Crippen LogP contribution in [0.1, 0.15) is 44.9 Å². The summed E-state index contributed by atoms with van der Waals surface area (Å²) in [5.74, 6) is 0.241. The van der Waals surface area contributed by atoms with E-state index in [1.54, 1.807) is 25.3 Å². The van der Waals surface area contributed by atoms with Gasteiger partial charge in [-0.2, -0.15) is 0 Å². The molecule has 37 heavy (non-hydrogen) atoms. The molecule has 0 bridgehead atoms. The van der Waals surface area contributed by atoms with Crippen molar-refractivity contribution in [2.45, 2.75) is 39.8 Å². The molecule has 0 radical (unpaired) electrons. The second kappa shape index (κ2) is 11.1. The van der Waals surface area contributed by atoms with Crippen LogP contribution in [0.15, 0.2) is 68.0 Å². The number of aromatic nitrogens is 1. The third-order valence-electron chi connectivity index (χ3n) is 5.84. The number of hydrogen-bond donors (Lipinski definition) is 0. The maximum Gasteiger partial charge on any atom is 0.338 e. The zero-order valence-electron chi connectivity index (χ0n) is 21.7. The number of anilines is 1. The molecule has 0 unspecified atom stereocenters. The quantitative estimate of drug-likeness (QED) is 0.385. The van der Waals surface area contributed by atoms with Crippen LogP contribution >= 0.6 is 27.3 Å². The van der Waals surface area contributed by atoms with Crippen molar-refractivity contribution in [2.24, 2.45) is 4.99 Å². The van der Waals surface area contributed by atoms with E-state index in [0.29, 0.717) is 27.2 Å². The molecule has 2 heterocycles. The Balaban J connectivity index is 1.89. The highest BCUT2D eigenvalue weighted by molar-refractivity contribution is 9.10. The highest BCUT2D eigenvalue weighted by Crippen LogP contribution is 2.32.